The van der Waals surface area contributed by atoms with Crippen LogP contribution in [0, 0.1) is 0 Å². The van der Waals surface area contributed by atoms with Gasteiger partial charge in [-0.3, -0.25) is 4.98 Å². The molecular weight excluding hydrogens is 329 g/mol. The predicted octanol–water partition coefficient (Wildman–Crippen LogP) is 4.22. The van der Waals surface area contributed by atoms with E-state index in [1.165, 1.54) is 42.3 Å². The Labute approximate surface area is 134 Å². The van der Waals surface area contributed by atoms with Crippen molar-refractivity contribution >= 4 is 11.6 Å². The van der Waals surface area contributed by atoms with Gasteiger partial charge in [-0.2, -0.15) is 18.3 Å². The van der Waals surface area contributed by atoms with Gasteiger partial charge in [0.05, 0.1) is 16.1 Å². The Morgan fingerprint density at radius 1 is 1.09 bits per heavy atom. The van der Waals surface area contributed by atoms with Gasteiger partial charge in [0.25, 0.3) is 0 Å². The van der Waals surface area contributed by atoms with Crippen molar-refractivity contribution in [3.05, 3.63) is 53.3 Å². The largest absolute Gasteiger partial charge is 0.417 e. The van der Waals surface area contributed by atoms with Crippen LogP contribution in [0.5, 0.6) is 0 Å². The number of hydrogen-bond acceptors (Lipinski definition) is 3. The number of alkyl halides is 3. The van der Waals surface area contributed by atoms with Crippen LogP contribution in [-0.2, 0) is 13.2 Å². The predicted molar refractivity (Wildman–Crippen MR) is 79.7 cm³/mol. The minimum absolute atomic E-state index is 0.0405. The first-order chi connectivity index (χ1) is 10.9. The monoisotopic (exact) mass is 338 g/mol. The molecule has 2 heterocycles. The van der Waals surface area contributed by atoms with Gasteiger partial charge in [-0.1, -0.05) is 29.8 Å². The molecule has 0 fully saturated rings. The van der Waals surface area contributed by atoms with E-state index in [-0.39, 0.29) is 17.2 Å². The van der Waals surface area contributed by atoms with Crippen LogP contribution in [-0.4, -0.2) is 19.7 Å². The summed E-state index contributed by atoms with van der Waals surface area (Å²) >= 11 is 6.06. The highest BCUT2D eigenvalue weighted by Crippen LogP contribution is 2.37. The van der Waals surface area contributed by atoms with Crippen molar-refractivity contribution in [2.24, 2.45) is 7.05 Å². The lowest BCUT2D eigenvalue weighted by Crippen LogP contribution is -2.08. The van der Waals surface area contributed by atoms with Gasteiger partial charge < -0.3 is 0 Å². The van der Waals surface area contributed by atoms with Gasteiger partial charge in [0.15, 0.2) is 11.6 Å². The van der Waals surface area contributed by atoms with Crippen molar-refractivity contribution in [3.8, 4) is 22.8 Å². The molecule has 4 nitrogen and oxygen atoms in total. The molecule has 0 unspecified atom stereocenters. The first kappa shape index (κ1) is 15.5. The van der Waals surface area contributed by atoms with E-state index in [1.54, 1.807) is 6.07 Å². The minimum atomic E-state index is -4.48. The molecule has 1 aromatic carbocycles. The number of benzene rings is 1. The van der Waals surface area contributed by atoms with Crippen LogP contribution in [0.25, 0.3) is 22.8 Å². The second kappa shape index (κ2) is 5.66. The first-order valence-corrected chi connectivity index (χ1v) is 6.93. The van der Waals surface area contributed by atoms with Crippen LogP contribution >= 0.6 is 11.6 Å². The number of aromatic nitrogens is 4. The molecule has 0 bridgehead atoms. The van der Waals surface area contributed by atoms with E-state index in [0.717, 1.165) is 6.07 Å². The number of aryl methyl sites for hydroxylation is 1. The molecule has 23 heavy (non-hydrogen) atoms. The topological polar surface area (TPSA) is 43.6 Å². The van der Waals surface area contributed by atoms with Crippen LogP contribution in [0.3, 0.4) is 0 Å². The van der Waals surface area contributed by atoms with Crippen LogP contribution in [0.15, 0.2) is 42.7 Å². The number of hydrogen-bond donors (Lipinski definition) is 0. The SMILES string of the molecule is Cn1nc(-c2cnccc2Cl)nc1-c1ccccc1C(F)(F)F. The fraction of sp³-hybridized carbons (Fsp3) is 0.133. The summed E-state index contributed by atoms with van der Waals surface area (Å²) in [7, 11) is 1.53. The van der Waals surface area contributed by atoms with E-state index < -0.39 is 11.7 Å². The zero-order valence-corrected chi connectivity index (χ0v) is 12.6. The van der Waals surface area contributed by atoms with Crippen molar-refractivity contribution in [2.75, 3.05) is 0 Å². The lowest BCUT2D eigenvalue weighted by atomic mass is 10.1. The molecule has 3 aromatic rings. The number of rotatable bonds is 2. The molecule has 0 saturated heterocycles. The fourth-order valence-electron chi connectivity index (χ4n) is 2.20. The lowest BCUT2D eigenvalue weighted by Gasteiger charge is -2.11. The van der Waals surface area contributed by atoms with Gasteiger partial charge in [-0.15, -0.1) is 0 Å². The third-order valence-electron chi connectivity index (χ3n) is 3.25. The summed E-state index contributed by atoms with van der Waals surface area (Å²) in [6, 6.07) is 6.80. The smallest absolute Gasteiger partial charge is 0.264 e. The van der Waals surface area contributed by atoms with Gasteiger partial charge in [0, 0.05) is 25.0 Å². The van der Waals surface area contributed by atoms with Crippen LogP contribution in [0.2, 0.25) is 5.02 Å². The average Bonchev–Trinajstić information content (AvgIpc) is 2.88. The molecule has 0 amide bonds. The Morgan fingerprint density at radius 3 is 2.52 bits per heavy atom. The molecule has 0 aliphatic carbocycles. The minimum Gasteiger partial charge on any atom is -0.264 e. The first-order valence-electron chi connectivity index (χ1n) is 6.55. The van der Waals surface area contributed by atoms with Crippen molar-refractivity contribution in [1.29, 1.82) is 0 Å². The van der Waals surface area contributed by atoms with E-state index >= 15 is 0 Å². The Morgan fingerprint density at radius 2 is 1.83 bits per heavy atom. The molecule has 0 spiro atoms. The zero-order chi connectivity index (χ0) is 16.6. The van der Waals surface area contributed by atoms with Gasteiger partial charge in [0.2, 0.25) is 0 Å². The van der Waals surface area contributed by atoms with Crippen LogP contribution in [0.1, 0.15) is 5.56 Å². The number of nitrogens with zero attached hydrogens (tertiary/aromatic N) is 4. The summed E-state index contributed by atoms with van der Waals surface area (Å²) < 4.78 is 40.8. The van der Waals surface area contributed by atoms with Crippen LogP contribution < -0.4 is 0 Å². The molecule has 8 heteroatoms. The fourth-order valence-corrected chi connectivity index (χ4v) is 2.39. The summed E-state index contributed by atoms with van der Waals surface area (Å²) in [6.07, 6.45) is -1.50. The maximum absolute atomic E-state index is 13.2. The maximum atomic E-state index is 13.2. The average molecular weight is 339 g/mol. The van der Waals surface area contributed by atoms with Gasteiger partial charge in [0.1, 0.15) is 0 Å². The molecule has 0 atom stereocenters. The highest BCUT2D eigenvalue weighted by atomic mass is 35.5. The van der Waals surface area contributed by atoms with Crippen molar-refractivity contribution in [3.63, 3.8) is 0 Å². The summed E-state index contributed by atoms with van der Waals surface area (Å²) in [4.78, 5) is 8.15. The molecular formula is C15H10ClF3N4. The number of pyridine rings is 1. The summed E-state index contributed by atoms with van der Waals surface area (Å²) in [5, 5.41) is 4.53. The summed E-state index contributed by atoms with van der Waals surface area (Å²) in [5.41, 5.74) is -0.346. The molecule has 0 N–H and O–H groups in total. The molecule has 3 rings (SSSR count). The number of halogens is 4. The third kappa shape index (κ3) is 2.92. The van der Waals surface area contributed by atoms with Crippen molar-refractivity contribution < 1.29 is 13.2 Å². The highest BCUT2D eigenvalue weighted by Gasteiger charge is 2.34. The van der Waals surface area contributed by atoms with E-state index in [1.807, 2.05) is 0 Å². The molecule has 0 aliphatic heterocycles. The van der Waals surface area contributed by atoms with Crippen molar-refractivity contribution in [1.82, 2.24) is 19.7 Å². The van der Waals surface area contributed by atoms with E-state index in [4.69, 9.17) is 11.6 Å². The van der Waals surface area contributed by atoms with E-state index in [0.29, 0.717) is 10.6 Å². The molecule has 0 aliphatic rings. The molecule has 118 valence electrons. The van der Waals surface area contributed by atoms with Gasteiger partial charge in [-0.25, -0.2) is 9.67 Å². The summed E-state index contributed by atoms with van der Waals surface area (Å²) in [6.45, 7) is 0. The standard InChI is InChI=1S/C15H10ClF3N4/c1-23-14(9-4-2-3-5-11(9)15(17,18)19)21-13(22-23)10-8-20-7-6-12(10)16/h2-8H,1H3. The Hall–Kier alpha value is -2.41. The quantitative estimate of drug-likeness (QED) is 0.702. The Balaban J connectivity index is 2.16. The van der Waals surface area contributed by atoms with E-state index in [9.17, 15) is 13.2 Å². The molecule has 2 aromatic heterocycles. The van der Waals surface area contributed by atoms with Gasteiger partial charge >= 0.3 is 6.18 Å². The molecule has 0 saturated carbocycles. The second-order valence-electron chi connectivity index (χ2n) is 4.78. The third-order valence-corrected chi connectivity index (χ3v) is 3.57. The second-order valence-corrected chi connectivity index (χ2v) is 5.19. The lowest BCUT2D eigenvalue weighted by molar-refractivity contribution is -0.137. The van der Waals surface area contributed by atoms with E-state index in [2.05, 4.69) is 15.1 Å². The summed E-state index contributed by atoms with van der Waals surface area (Å²) in [5.74, 6) is 0.324. The Bertz CT molecular complexity index is 858. The molecule has 0 radical (unpaired) electrons. The Kier molecular flexibility index (Phi) is 3.81. The van der Waals surface area contributed by atoms with Crippen molar-refractivity contribution in [2.45, 2.75) is 6.18 Å². The van der Waals surface area contributed by atoms with Gasteiger partial charge in [-0.05, 0) is 12.1 Å². The highest BCUT2D eigenvalue weighted by molar-refractivity contribution is 6.33. The zero-order valence-electron chi connectivity index (χ0n) is 11.8. The normalized spacial score (nSPS) is 11.7. The maximum Gasteiger partial charge on any atom is 0.417 e. The van der Waals surface area contributed by atoms with Crippen LogP contribution in [0.4, 0.5) is 13.2 Å².